The highest BCUT2D eigenvalue weighted by atomic mass is 16.2. The van der Waals surface area contributed by atoms with Gasteiger partial charge < -0.3 is 16.0 Å². The maximum Gasteiger partial charge on any atom is 0.250 e. The van der Waals surface area contributed by atoms with Crippen molar-refractivity contribution in [3.8, 4) is 0 Å². The van der Waals surface area contributed by atoms with Crippen molar-refractivity contribution in [1.29, 1.82) is 0 Å². The van der Waals surface area contributed by atoms with E-state index in [1.807, 2.05) is 18.2 Å². The number of nitrogens with two attached hydrogens (primary N) is 1. The number of rotatable bonds is 5. The van der Waals surface area contributed by atoms with Crippen LogP contribution in [0.25, 0.3) is 0 Å². The molecule has 0 unspecified atom stereocenters. The van der Waals surface area contributed by atoms with E-state index in [-0.39, 0.29) is 12.5 Å². The Hall–Kier alpha value is -2.93. The number of benzene rings is 1. The molecule has 1 fully saturated rings. The first-order valence-corrected chi connectivity index (χ1v) is 8.20. The molecule has 130 valence electrons. The third-order valence-electron chi connectivity index (χ3n) is 4.18. The first kappa shape index (κ1) is 16.9. The zero-order valence-corrected chi connectivity index (χ0v) is 13.9. The summed E-state index contributed by atoms with van der Waals surface area (Å²) < 4.78 is 0. The monoisotopic (exact) mass is 339 g/mol. The van der Waals surface area contributed by atoms with Crippen molar-refractivity contribution in [2.24, 2.45) is 5.73 Å². The Morgan fingerprint density at radius 2 is 1.76 bits per heavy atom. The van der Waals surface area contributed by atoms with Crippen molar-refractivity contribution in [1.82, 2.24) is 9.88 Å². The molecule has 3 N–H and O–H groups in total. The van der Waals surface area contributed by atoms with E-state index in [1.54, 1.807) is 30.5 Å². The fourth-order valence-electron chi connectivity index (χ4n) is 2.88. The van der Waals surface area contributed by atoms with Crippen LogP contribution in [-0.2, 0) is 4.79 Å². The number of nitrogens with one attached hydrogen (secondary N) is 1. The van der Waals surface area contributed by atoms with Gasteiger partial charge in [0.05, 0.1) is 17.8 Å². The van der Waals surface area contributed by atoms with Crippen molar-refractivity contribution in [3.05, 3.63) is 54.2 Å². The number of nitrogens with zero attached hydrogens (tertiary/aromatic N) is 3. The Labute approximate surface area is 146 Å². The van der Waals surface area contributed by atoms with Gasteiger partial charge in [-0.25, -0.2) is 4.98 Å². The van der Waals surface area contributed by atoms with Crippen LogP contribution in [0.1, 0.15) is 10.4 Å². The first-order chi connectivity index (χ1) is 12.1. The summed E-state index contributed by atoms with van der Waals surface area (Å²) in [5.74, 6) is 0.252. The van der Waals surface area contributed by atoms with Crippen LogP contribution in [0.2, 0.25) is 0 Å². The summed E-state index contributed by atoms with van der Waals surface area (Å²) in [6, 6.07) is 12.6. The largest absolute Gasteiger partial charge is 0.366 e. The average Bonchev–Trinajstić information content (AvgIpc) is 2.63. The highest BCUT2D eigenvalue weighted by molar-refractivity contribution is 6.03. The average molecular weight is 339 g/mol. The normalized spacial score (nSPS) is 15.0. The quantitative estimate of drug-likeness (QED) is 0.846. The second kappa shape index (κ2) is 7.76. The summed E-state index contributed by atoms with van der Waals surface area (Å²) in [6.45, 7) is 3.48. The predicted molar refractivity (Wildman–Crippen MR) is 96.5 cm³/mol. The lowest BCUT2D eigenvalue weighted by molar-refractivity contribution is -0.117. The van der Waals surface area contributed by atoms with Crippen LogP contribution in [0.15, 0.2) is 48.7 Å². The maximum absolute atomic E-state index is 12.3. The number of carbonyl (C=O) groups excluding carboxylic acids is 2. The van der Waals surface area contributed by atoms with Crippen LogP contribution in [0, 0.1) is 0 Å². The van der Waals surface area contributed by atoms with Gasteiger partial charge in [0.2, 0.25) is 5.91 Å². The topological polar surface area (TPSA) is 91.6 Å². The second-order valence-corrected chi connectivity index (χ2v) is 5.91. The summed E-state index contributed by atoms with van der Waals surface area (Å²) in [7, 11) is 0. The second-order valence-electron chi connectivity index (χ2n) is 5.91. The fraction of sp³-hybridized carbons (Fsp3) is 0.278. The molecule has 1 aromatic carbocycles. The number of hydrogen-bond acceptors (Lipinski definition) is 5. The lowest BCUT2D eigenvalue weighted by Crippen LogP contribution is -2.49. The molecule has 2 aromatic rings. The van der Waals surface area contributed by atoms with E-state index in [0.29, 0.717) is 11.3 Å². The number of pyridine rings is 1. The smallest absolute Gasteiger partial charge is 0.250 e. The van der Waals surface area contributed by atoms with Gasteiger partial charge in [-0.2, -0.15) is 0 Å². The van der Waals surface area contributed by atoms with E-state index in [4.69, 9.17) is 5.73 Å². The zero-order chi connectivity index (χ0) is 17.6. The minimum atomic E-state index is -0.556. The number of anilines is 2. The standard InChI is InChI=1S/C18H21N5O2/c19-18(25)14-5-1-2-6-15(14)21-17(24)13-22-9-11-23(12-10-22)16-7-3-4-8-20-16/h1-8H,9-13H2,(H2,19,25)(H,21,24). The molecular weight excluding hydrogens is 318 g/mol. The Bertz CT molecular complexity index is 742. The highest BCUT2D eigenvalue weighted by Crippen LogP contribution is 2.15. The molecule has 1 saturated heterocycles. The molecule has 7 nitrogen and oxygen atoms in total. The number of carbonyl (C=O) groups is 2. The van der Waals surface area contributed by atoms with Crippen LogP contribution in [0.3, 0.4) is 0 Å². The molecule has 7 heteroatoms. The fourth-order valence-corrected chi connectivity index (χ4v) is 2.88. The van der Waals surface area contributed by atoms with Gasteiger partial charge in [-0.3, -0.25) is 14.5 Å². The zero-order valence-electron chi connectivity index (χ0n) is 13.9. The molecular formula is C18H21N5O2. The summed E-state index contributed by atoms with van der Waals surface area (Å²) in [4.78, 5) is 32.3. The molecule has 0 spiro atoms. The van der Waals surface area contributed by atoms with Crippen molar-refractivity contribution in [3.63, 3.8) is 0 Å². The number of primary amides is 1. The van der Waals surface area contributed by atoms with Gasteiger partial charge in [0.25, 0.3) is 5.91 Å². The van der Waals surface area contributed by atoms with Gasteiger partial charge in [0.15, 0.2) is 0 Å². The molecule has 1 aliphatic heterocycles. The lowest BCUT2D eigenvalue weighted by Gasteiger charge is -2.34. The molecule has 0 saturated carbocycles. The summed E-state index contributed by atoms with van der Waals surface area (Å²) >= 11 is 0. The van der Waals surface area contributed by atoms with Gasteiger partial charge in [0, 0.05) is 32.4 Å². The predicted octanol–water partition coefficient (Wildman–Crippen LogP) is 0.941. The number of hydrogen-bond donors (Lipinski definition) is 2. The number of piperazine rings is 1. The van der Waals surface area contributed by atoms with Gasteiger partial charge in [-0.1, -0.05) is 18.2 Å². The van der Waals surface area contributed by atoms with Gasteiger partial charge in [0.1, 0.15) is 5.82 Å². The summed E-state index contributed by atoms with van der Waals surface area (Å²) in [5, 5.41) is 2.77. The minimum absolute atomic E-state index is 0.153. The molecule has 0 radical (unpaired) electrons. The van der Waals surface area contributed by atoms with E-state index in [0.717, 1.165) is 32.0 Å². The Balaban J connectivity index is 1.52. The molecule has 0 aliphatic carbocycles. The van der Waals surface area contributed by atoms with E-state index in [2.05, 4.69) is 20.1 Å². The van der Waals surface area contributed by atoms with Crippen LogP contribution < -0.4 is 16.0 Å². The molecule has 2 heterocycles. The number of amides is 2. The lowest BCUT2D eigenvalue weighted by atomic mass is 10.1. The SMILES string of the molecule is NC(=O)c1ccccc1NC(=O)CN1CCN(c2ccccn2)CC1. The van der Waals surface area contributed by atoms with Crippen molar-refractivity contribution >= 4 is 23.3 Å². The molecule has 1 aliphatic rings. The molecule has 2 amide bonds. The Morgan fingerprint density at radius 3 is 2.44 bits per heavy atom. The third-order valence-corrected chi connectivity index (χ3v) is 4.18. The highest BCUT2D eigenvalue weighted by Gasteiger charge is 2.20. The molecule has 3 rings (SSSR count). The first-order valence-electron chi connectivity index (χ1n) is 8.20. The van der Waals surface area contributed by atoms with E-state index in [9.17, 15) is 9.59 Å². The minimum Gasteiger partial charge on any atom is -0.366 e. The van der Waals surface area contributed by atoms with Gasteiger partial charge in [-0.05, 0) is 24.3 Å². The van der Waals surface area contributed by atoms with Crippen LogP contribution >= 0.6 is 0 Å². The van der Waals surface area contributed by atoms with E-state index < -0.39 is 5.91 Å². The molecule has 0 atom stereocenters. The van der Waals surface area contributed by atoms with Gasteiger partial charge in [-0.15, -0.1) is 0 Å². The van der Waals surface area contributed by atoms with E-state index in [1.165, 1.54) is 0 Å². The number of para-hydroxylation sites is 1. The number of aromatic nitrogens is 1. The van der Waals surface area contributed by atoms with Crippen LogP contribution in [-0.4, -0.2) is 54.4 Å². The van der Waals surface area contributed by atoms with E-state index >= 15 is 0 Å². The van der Waals surface area contributed by atoms with Gasteiger partial charge >= 0.3 is 0 Å². The molecule has 1 aromatic heterocycles. The summed E-state index contributed by atoms with van der Waals surface area (Å²) in [5.41, 5.74) is 6.10. The summed E-state index contributed by atoms with van der Waals surface area (Å²) in [6.07, 6.45) is 1.78. The van der Waals surface area contributed by atoms with Crippen LogP contribution in [0.5, 0.6) is 0 Å². The van der Waals surface area contributed by atoms with Crippen molar-refractivity contribution < 1.29 is 9.59 Å². The Kier molecular flexibility index (Phi) is 5.25. The maximum atomic E-state index is 12.3. The van der Waals surface area contributed by atoms with Crippen LogP contribution in [0.4, 0.5) is 11.5 Å². The third kappa shape index (κ3) is 4.33. The molecule has 0 bridgehead atoms. The van der Waals surface area contributed by atoms with Crippen molar-refractivity contribution in [2.75, 3.05) is 42.9 Å². The Morgan fingerprint density at radius 1 is 1.04 bits per heavy atom. The molecule has 25 heavy (non-hydrogen) atoms. The van der Waals surface area contributed by atoms with Crippen molar-refractivity contribution in [2.45, 2.75) is 0 Å².